The van der Waals surface area contributed by atoms with Crippen LogP contribution < -0.4 is 15.0 Å². The lowest BCUT2D eigenvalue weighted by Crippen LogP contribution is -2.26. The first kappa shape index (κ1) is 10.8. The molecule has 2 aliphatic heterocycles. The van der Waals surface area contributed by atoms with Crippen LogP contribution in [-0.2, 0) is 0 Å². The van der Waals surface area contributed by atoms with Gasteiger partial charge in [0.05, 0.1) is 19.0 Å². The van der Waals surface area contributed by atoms with Gasteiger partial charge in [-0.3, -0.25) is 4.98 Å². The number of hydrogen-bond acceptors (Lipinski definition) is 5. The van der Waals surface area contributed by atoms with Crippen LogP contribution >= 0.6 is 0 Å². The second-order valence-corrected chi connectivity index (χ2v) is 4.73. The van der Waals surface area contributed by atoms with Crippen molar-refractivity contribution in [1.29, 1.82) is 0 Å². The summed E-state index contributed by atoms with van der Waals surface area (Å²) in [6.07, 6.45) is 3.50. The van der Waals surface area contributed by atoms with Crippen LogP contribution in [0.25, 0.3) is 0 Å². The van der Waals surface area contributed by atoms with Crippen molar-refractivity contribution in [3.63, 3.8) is 0 Å². The smallest absolute Gasteiger partial charge is 0.234 e. The molecule has 1 aromatic heterocycles. The molecule has 0 radical (unpaired) electrons. The largest absolute Gasteiger partial charge is 0.477 e. The standard InChI is InChI=1S/C12H18N4O/c1-2-17-12-6-14-5-11(15-12)16-7-9-3-13-4-10(9)8-16/h5-6,9-10,13H,2-4,7-8H2,1H3/t9-,10+. The van der Waals surface area contributed by atoms with Crippen molar-refractivity contribution in [2.75, 3.05) is 37.7 Å². The zero-order valence-electron chi connectivity index (χ0n) is 10.1. The molecule has 0 bridgehead atoms. The van der Waals surface area contributed by atoms with Gasteiger partial charge in [0.15, 0.2) is 5.82 Å². The maximum Gasteiger partial charge on any atom is 0.234 e. The van der Waals surface area contributed by atoms with Gasteiger partial charge in [0, 0.05) is 26.2 Å². The molecule has 0 aromatic carbocycles. The predicted molar refractivity (Wildman–Crippen MR) is 65.3 cm³/mol. The van der Waals surface area contributed by atoms with Crippen LogP contribution in [0.4, 0.5) is 5.82 Å². The maximum absolute atomic E-state index is 5.39. The summed E-state index contributed by atoms with van der Waals surface area (Å²) in [5.74, 6) is 3.12. The number of aromatic nitrogens is 2. The van der Waals surface area contributed by atoms with E-state index in [1.165, 1.54) is 0 Å². The molecule has 0 spiro atoms. The molecule has 0 saturated carbocycles. The van der Waals surface area contributed by atoms with Crippen LogP contribution in [0.1, 0.15) is 6.92 Å². The molecule has 0 unspecified atom stereocenters. The van der Waals surface area contributed by atoms with Crippen LogP contribution in [0.2, 0.25) is 0 Å². The minimum Gasteiger partial charge on any atom is -0.477 e. The van der Waals surface area contributed by atoms with E-state index < -0.39 is 0 Å². The van der Waals surface area contributed by atoms with Crippen molar-refractivity contribution in [3.8, 4) is 5.88 Å². The van der Waals surface area contributed by atoms with Crippen molar-refractivity contribution in [3.05, 3.63) is 12.4 Å². The average molecular weight is 234 g/mol. The number of ether oxygens (including phenoxy) is 1. The topological polar surface area (TPSA) is 50.3 Å². The molecule has 2 fully saturated rings. The second-order valence-electron chi connectivity index (χ2n) is 4.73. The van der Waals surface area contributed by atoms with Gasteiger partial charge in [0.25, 0.3) is 0 Å². The van der Waals surface area contributed by atoms with E-state index in [1.54, 1.807) is 6.20 Å². The van der Waals surface area contributed by atoms with E-state index in [-0.39, 0.29) is 0 Å². The van der Waals surface area contributed by atoms with Gasteiger partial charge in [-0.05, 0) is 18.8 Å². The minimum atomic E-state index is 0.625. The lowest BCUT2D eigenvalue weighted by Gasteiger charge is -2.18. The quantitative estimate of drug-likeness (QED) is 0.827. The molecule has 5 heteroatoms. The summed E-state index contributed by atoms with van der Waals surface area (Å²) < 4.78 is 5.39. The van der Waals surface area contributed by atoms with Gasteiger partial charge in [-0.15, -0.1) is 0 Å². The van der Waals surface area contributed by atoms with Crippen LogP contribution in [0.3, 0.4) is 0 Å². The number of anilines is 1. The fourth-order valence-corrected chi connectivity index (χ4v) is 2.75. The third kappa shape index (κ3) is 2.07. The third-order valence-electron chi connectivity index (χ3n) is 3.61. The molecule has 3 rings (SSSR count). The Balaban J connectivity index is 1.74. The van der Waals surface area contributed by atoms with E-state index in [0.29, 0.717) is 12.5 Å². The van der Waals surface area contributed by atoms with E-state index in [0.717, 1.165) is 43.8 Å². The average Bonchev–Trinajstić information content (AvgIpc) is 2.89. The number of nitrogens with zero attached hydrogens (tertiary/aromatic N) is 3. The highest BCUT2D eigenvalue weighted by Gasteiger charge is 2.36. The van der Waals surface area contributed by atoms with Crippen molar-refractivity contribution in [1.82, 2.24) is 15.3 Å². The van der Waals surface area contributed by atoms with Gasteiger partial charge in [-0.25, -0.2) is 0 Å². The first-order chi connectivity index (χ1) is 8.36. The first-order valence-electron chi connectivity index (χ1n) is 6.27. The Hall–Kier alpha value is -1.36. The van der Waals surface area contributed by atoms with E-state index in [2.05, 4.69) is 20.2 Å². The van der Waals surface area contributed by atoms with Crippen LogP contribution in [-0.4, -0.2) is 42.8 Å². The van der Waals surface area contributed by atoms with E-state index in [1.807, 2.05) is 13.1 Å². The number of nitrogens with one attached hydrogen (secondary N) is 1. The van der Waals surface area contributed by atoms with E-state index >= 15 is 0 Å². The second kappa shape index (κ2) is 4.49. The summed E-state index contributed by atoms with van der Waals surface area (Å²) in [4.78, 5) is 11.0. The molecule has 17 heavy (non-hydrogen) atoms. The van der Waals surface area contributed by atoms with Gasteiger partial charge in [-0.2, -0.15) is 4.98 Å². The molecular formula is C12H18N4O. The Kier molecular flexibility index (Phi) is 2.84. The zero-order chi connectivity index (χ0) is 11.7. The lowest BCUT2D eigenvalue weighted by molar-refractivity contribution is 0.325. The summed E-state index contributed by atoms with van der Waals surface area (Å²) in [7, 11) is 0. The summed E-state index contributed by atoms with van der Waals surface area (Å²) in [6, 6.07) is 0. The van der Waals surface area contributed by atoms with E-state index in [9.17, 15) is 0 Å². The fraction of sp³-hybridized carbons (Fsp3) is 0.667. The third-order valence-corrected chi connectivity index (χ3v) is 3.61. The first-order valence-corrected chi connectivity index (χ1v) is 6.27. The Morgan fingerprint density at radius 2 is 2.12 bits per heavy atom. The van der Waals surface area contributed by atoms with Crippen molar-refractivity contribution in [2.45, 2.75) is 6.92 Å². The fourth-order valence-electron chi connectivity index (χ4n) is 2.75. The molecule has 1 aromatic rings. The summed E-state index contributed by atoms with van der Waals surface area (Å²) in [6.45, 7) is 7.04. The van der Waals surface area contributed by atoms with Crippen LogP contribution in [0, 0.1) is 11.8 Å². The van der Waals surface area contributed by atoms with Gasteiger partial charge in [-0.1, -0.05) is 0 Å². The molecule has 1 N–H and O–H groups in total. The highest BCUT2D eigenvalue weighted by molar-refractivity contribution is 5.39. The normalized spacial score (nSPS) is 27.2. The highest BCUT2D eigenvalue weighted by Crippen LogP contribution is 2.29. The summed E-state index contributed by atoms with van der Waals surface area (Å²) in [5.41, 5.74) is 0. The van der Waals surface area contributed by atoms with Crippen molar-refractivity contribution in [2.24, 2.45) is 11.8 Å². The molecule has 3 heterocycles. The molecule has 2 saturated heterocycles. The monoisotopic (exact) mass is 234 g/mol. The van der Waals surface area contributed by atoms with E-state index in [4.69, 9.17) is 4.74 Å². The van der Waals surface area contributed by atoms with Gasteiger partial charge < -0.3 is 15.0 Å². The minimum absolute atomic E-state index is 0.625. The Labute approximate surface area is 101 Å². The van der Waals surface area contributed by atoms with Gasteiger partial charge in [0.2, 0.25) is 5.88 Å². The molecule has 92 valence electrons. The summed E-state index contributed by atoms with van der Waals surface area (Å²) >= 11 is 0. The van der Waals surface area contributed by atoms with Crippen molar-refractivity contribution >= 4 is 5.82 Å². The molecule has 2 aliphatic rings. The Morgan fingerprint density at radius 3 is 2.82 bits per heavy atom. The summed E-state index contributed by atoms with van der Waals surface area (Å²) in [5, 5.41) is 3.44. The molecule has 0 amide bonds. The van der Waals surface area contributed by atoms with Crippen LogP contribution in [0.15, 0.2) is 12.4 Å². The SMILES string of the molecule is CCOc1cncc(N2C[C@H]3CNC[C@H]3C2)n1. The number of hydrogen-bond donors (Lipinski definition) is 1. The highest BCUT2D eigenvalue weighted by atomic mass is 16.5. The Morgan fingerprint density at radius 1 is 1.35 bits per heavy atom. The number of fused-ring (bicyclic) bond motifs is 1. The molecule has 2 atom stereocenters. The Bertz CT molecular complexity index is 386. The molecule has 5 nitrogen and oxygen atoms in total. The van der Waals surface area contributed by atoms with Gasteiger partial charge >= 0.3 is 0 Å². The number of rotatable bonds is 3. The lowest BCUT2D eigenvalue weighted by atomic mass is 10.0. The zero-order valence-corrected chi connectivity index (χ0v) is 10.1. The van der Waals surface area contributed by atoms with Crippen LogP contribution in [0.5, 0.6) is 5.88 Å². The molecular weight excluding hydrogens is 216 g/mol. The van der Waals surface area contributed by atoms with Crippen molar-refractivity contribution < 1.29 is 4.74 Å². The maximum atomic E-state index is 5.39. The predicted octanol–water partition coefficient (Wildman–Crippen LogP) is 0.531. The van der Waals surface area contributed by atoms with Gasteiger partial charge in [0.1, 0.15) is 0 Å². The molecule has 0 aliphatic carbocycles.